The van der Waals surface area contributed by atoms with Gasteiger partial charge in [-0.25, -0.2) is 0 Å². The molecule has 0 amide bonds. The molecule has 0 spiro atoms. The van der Waals surface area contributed by atoms with E-state index in [2.05, 4.69) is 39.6 Å². The summed E-state index contributed by atoms with van der Waals surface area (Å²) in [7, 11) is 0. The van der Waals surface area contributed by atoms with Crippen LogP contribution in [-0.4, -0.2) is 6.54 Å². The van der Waals surface area contributed by atoms with E-state index in [1.54, 1.807) is 17.6 Å². The van der Waals surface area contributed by atoms with Crippen LogP contribution in [0.4, 0.5) is 0 Å². The molecular formula is C12H14BrNOS. The standard InChI is InChI=1S/C12H14BrNOS/c1-2-14-11(7-9-3-5-15-8-9)12-10(13)4-6-16-12/h3-6,8,11,14H,2,7H2,1H3. The van der Waals surface area contributed by atoms with Crippen molar-refractivity contribution in [2.45, 2.75) is 19.4 Å². The summed E-state index contributed by atoms with van der Waals surface area (Å²) in [5.41, 5.74) is 1.23. The van der Waals surface area contributed by atoms with Crippen LogP contribution in [0.25, 0.3) is 0 Å². The minimum Gasteiger partial charge on any atom is -0.472 e. The zero-order valence-electron chi connectivity index (χ0n) is 9.07. The van der Waals surface area contributed by atoms with E-state index in [9.17, 15) is 0 Å². The van der Waals surface area contributed by atoms with Gasteiger partial charge in [0.15, 0.2) is 0 Å². The summed E-state index contributed by atoms with van der Waals surface area (Å²) in [4.78, 5) is 1.35. The molecule has 0 aliphatic heterocycles. The number of halogens is 1. The topological polar surface area (TPSA) is 25.2 Å². The molecule has 2 heterocycles. The van der Waals surface area contributed by atoms with Gasteiger partial charge < -0.3 is 9.73 Å². The second-order valence-electron chi connectivity index (χ2n) is 3.58. The molecule has 4 heteroatoms. The third-order valence-electron chi connectivity index (χ3n) is 2.43. The molecule has 0 aliphatic rings. The molecule has 16 heavy (non-hydrogen) atoms. The number of thiophene rings is 1. The van der Waals surface area contributed by atoms with Gasteiger partial charge in [0.2, 0.25) is 0 Å². The molecule has 0 saturated heterocycles. The molecule has 1 unspecified atom stereocenters. The smallest absolute Gasteiger partial charge is 0.0935 e. The number of furan rings is 1. The maximum absolute atomic E-state index is 5.11. The van der Waals surface area contributed by atoms with Gasteiger partial charge >= 0.3 is 0 Å². The Labute approximate surface area is 108 Å². The van der Waals surface area contributed by atoms with E-state index >= 15 is 0 Å². The van der Waals surface area contributed by atoms with Crippen LogP contribution in [0.15, 0.2) is 38.9 Å². The highest BCUT2D eigenvalue weighted by Crippen LogP contribution is 2.31. The fourth-order valence-electron chi connectivity index (χ4n) is 1.70. The third-order valence-corrected chi connectivity index (χ3v) is 4.42. The Bertz CT molecular complexity index is 424. The Morgan fingerprint density at radius 2 is 2.38 bits per heavy atom. The van der Waals surface area contributed by atoms with Crippen LogP contribution < -0.4 is 5.32 Å². The molecule has 0 aromatic carbocycles. The van der Waals surface area contributed by atoms with Gasteiger partial charge in [-0.3, -0.25) is 0 Å². The number of hydrogen-bond acceptors (Lipinski definition) is 3. The third kappa shape index (κ3) is 2.75. The summed E-state index contributed by atoms with van der Waals surface area (Å²) in [6.07, 6.45) is 4.50. The fourth-order valence-corrected chi connectivity index (χ4v) is 3.43. The van der Waals surface area contributed by atoms with Crippen molar-refractivity contribution >= 4 is 27.3 Å². The molecule has 0 saturated carbocycles. The molecular weight excluding hydrogens is 286 g/mol. The minimum absolute atomic E-state index is 0.358. The lowest BCUT2D eigenvalue weighted by Gasteiger charge is -2.16. The molecule has 2 aromatic heterocycles. The van der Waals surface area contributed by atoms with Crippen LogP contribution in [0.3, 0.4) is 0 Å². The van der Waals surface area contributed by atoms with E-state index in [0.717, 1.165) is 13.0 Å². The largest absolute Gasteiger partial charge is 0.472 e. The van der Waals surface area contributed by atoms with Crippen molar-refractivity contribution < 1.29 is 4.42 Å². The van der Waals surface area contributed by atoms with Crippen molar-refractivity contribution in [3.63, 3.8) is 0 Å². The van der Waals surface area contributed by atoms with Crippen molar-refractivity contribution in [2.24, 2.45) is 0 Å². The number of rotatable bonds is 5. The average molecular weight is 300 g/mol. The van der Waals surface area contributed by atoms with Gasteiger partial charge in [0.05, 0.1) is 12.5 Å². The molecule has 0 aliphatic carbocycles. The maximum Gasteiger partial charge on any atom is 0.0935 e. The summed E-state index contributed by atoms with van der Waals surface area (Å²) in [5, 5.41) is 5.61. The average Bonchev–Trinajstić information content (AvgIpc) is 2.88. The van der Waals surface area contributed by atoms with E-state index in [4.69, 9.17) is 4.42 Å². The highest BCUT2D eigenvalue weighted by atomic mass is 79.9. The zero-order chi connectivity index (χ0) is 11.4. The van der Waals surface area contributed by atoms with E-state index in [-0.39, 0.29) is 0 Å². The first kappa shape index (κ1) is 11.9. The Hall–Kier alpha value is -0.580. The van der Waals surface area contributed by atoms with Gasteiger partial charge in [-0.1, -0.05) is 6.92 Å². The Kier molecular flexibility index (Phi) is 4.21. The van der Waals surface area contributed by atoms with Gasteiger partial charge in [-0.05, 0) is 52.0 Å². The first-order chi connectivity index (χ1) is 7.81. The zero-order valence-corrected chi connectivity index (χ0v) is 11.5. The predicted octanol–water partition coefficient (Wildman–Crippen LogP) is 4.00. The lowest BCUT2D eigenvalue weighted by molar-refractivity contribution is 0.539. The second-order valence-corrected chi connectivity index (χ2v) is 5.38. The Morgan fingerprint density at radius 3 is 2.94 bits per heavy atom. The number of nitrogens with one attached hydrogen (secondary N) is 1. The quantitative estimate of drug-likeness (QED) is 0.903. The van der Waals surface area contributed by atoms with Crippen LogP contribution in [-0.2, 0) is 6.42 Å². The van der Waals surface area contributed by atoms with E-state index in [0.29, 0.717) is 6.04 Å². The van der Waals surface area contributed by atoms with Crippen molar-refractivity contribution in [3.05, 3.63) is 45.0 Å². The van der Waals surface area contributed by atoms with Crippen molar-refractivity contribution in [1.29, 1.82) is 0 Å². The number of likely N-dealkylation sites (N-methyl/N-ethyl adjacent to an activating group) is 1. The SMILES string of the molecule is CCNC(Cc1ccoc1)c1sccc1Br. The molecule has 1 atom stereocenters. The van der Waals surface area contributed by atoms with Crippen molar-refractivity contribution in [2.75, 3.05) is 6.54 Å². The highest BCUT2D eigenvalue weighted by molar-refractivity contribution is 9.10. The molecule has 2 rings (SSSR count). The van der Waals surface area contributed by atoms with Gasteiger partial charge in [-0.2, -0.15) is 0 Å². The van der Waals surface area contributed by atoms with Gasteiger partial charge in [0.1, 0.15) is 0 Å². The first-order valence-corrected chi connectivity index (χ1v) is 6.96. The highest BCUT2D eigenvalue weighted by Gasteiger charge is 2.15. The monoisotopic (exact) mass is 299 g/mol. The predicted molar refractivity (Wildman–Crippen MR) is 70.8 cm³/mol. The molecule has 86 valence electrons. The van der Waals surface area contributed by atoms with Crippen LogP contribution in [0.5, 0.6) is 0 Å². The van der Waals surface area contributed by atoms with Crippen molar-refractivity contribution in [1.82, 2.24) is 5.32 Å². The normalized spacial score (nSPS) is 12.9. The molecule has 1 N–H and O–H groups in total. The summed E-state index contributed by atoms with van der Waals surface area (Å²) < 4.78 is 6.29. The summed E-state index contributed by atoms with van der Waals surface area (Å²) >= 11 is 5.37. The molecule has 2 aromatic rings. The van der Waals surface area contributed by atoms with Crippen LogP contribution in [0.1, 0.15) is 23.4 Å². The van der Waals surface area contributed by atoms with Gasteiger partial charge in [0, 0.05) is 15.4 Å². The van der Waals surface area contributed by atoms with Gasteiger partial charge in [0.25, 0.3) is 0 Å². The minimum atomic E-state index is 0.358. The summed E-state index contributed by atoms with van der Waals surface area (Å²) in [6.45, 7) is 3.09. The summed E-state index contributed by atoms with van der Waals surface area (Å²) in [6, 6.07) is 4.47. The van der Waals surface area contributed by atoms with E-state index in [1.165, 1.54) is 14.9 Å². The Balaban J connectivity index is 2.14. The molecule has 0 radical (unpaired) electrons. The lowest BCUT2D eigenvalue weighted by Crippen LogP contribution is -2.22. The van der Waals surface area contributed by atoms with Crippen LogP contribution in [0.2, 0.25) is 0 Å². The van der Waals surface area contributed by atoms with Crippen molar-refractivity contribution in [3.8, 4) is 0 Å². The van der Waals surface area contributed by atoms with Crippen LogP contribution in [0, 0.1) is 0 Å². The second kappa shape index (κ2) is 5.66. The maximum atomic E-state index is 5.11. The van der Waals surface area contributed by atoms with Gasteiger partial charge in [-0.15, -0.1) is 11.3 Å². The first-order valence-electron chi connectivity index (χ1n) is 5.28. The Morgan fingerprint density at radius 1 is 1.50 bits per heavy atom. The molecule has 0 fully saturated rings. The molecule has 0 bridgehead atoms. The van der Waals surface area contributed by atoms with E-state index in [1.807, 2.05) is 12.3 Å². The van der Waals surface area contributed by atoms with E-state index < -0.39 is 0 Å². The number of hydrogen-bond donors (Lipinski definition) is 1. The molecule has 2 nitrogen and oxygen atoms in total. The lowest BCUT2D eigenvalue weighted by atomic mass is 10.1. The fraction of sp³-hybridized carbons (Fsp3) is 0.333. The van der Waals surface area contributed by atoms with Crippen LogP contribution >= 0.6 is 27.3 Å². The summed E-state index contributed by atoms with van der Waals surface area (Å²) in [5.74, 6) is 0.